The summed E-state index contributed by atoms with van der Waals surface area (Å²) in [5.74, 6) is 0.548. The van der Waals surface area contributed by atoms with E-state index in [0.29, 0.717) is 11.5 Å². The van der Waals surface area contributed by atoms with Crippen LogP contribution in [0.4, 0.5) is 0 Å². The maximum atomic E-state index is 11.3. The van der Waals surface area contributed by atoms with Gasteiger partial charge in [0.25, 0.3) is 6.29 Å². The molecular formula is C11H12O4. The summed E-state index contributed by atoms with van der Waals surface area (Å²) in [7, 11) is 1.35. The number of methoxy groups -OCH3 is 1. The molecule has 0 saturated heterocycles. The van der Waals surface area contributed by atoms with Crippen LogP contribution in [0, 0.1) is 5.92 Å². The molecule has 4 nitrogen and oxygen atoms in total. The minimum Gasteiger partial charge on any atom is -0.469 e. The molecule has 80 valence electrons. The number of hydrogen-bond donors (Lipinski definition) is 0. The molecule has 0 radical (unpaired) electrons. The Kier molecular flexibility index (Phi) is 2.49. The third kappa shape index (κ3) is 1.75. The Labute approximate surface area is 87.8 Å². The number of esters is 1. The minimum atomic E-state index is -0.588. The fourth-order valence-electron chi connectivity index (χ4n) is 1.42. The predicted octanol–water partition coefficient (Wildman–Crippen LogP) is 1.59. The maximum Gasteiger partial charge on any atom is 0.316 e. The van der Waals surface area contributed by atoms with E-state index in [0.717, 1.165) is 0 Å². The van der Waals surface area contributed by atoms with E-state index in [1.165, 1.54) is 7.11 Å². The van der Waals surface area contributed by atoms with Crippen molar-refractivity contribution in [1.82, 2.24) is 0 Å². The van der Waals surface area contributed by atoms with E-state index in [9.17, 15) is 4.79 Å². The van der Waals surface area contributed by atoms with E-state index in [1.54, 1.807) is 19.1 Å². The second-order valence-corrected chi connectivity index (χ2v) is 3.36. The highest BCUT2D eigenvalue weighted by Gasteiger charge is 2.33. The lowest BCUT2D eigenvalue weighted by molar-refractivity contribution is -0.152. The summed E-state index contributed by atoms with van der Waals surface area (Å²) in [5.41, 5.74) is 0. The molecular weight excluding hydrogens is 196 g/mol. The molecule has 1 aliphatic heterocycles. The van der Waals surface area contributed by atoms with E-state index < -0.39 is 12.2 Å². The third-order valence-electron chi connectivity index (χ3n) is 2.32. The smallest absolute Gasteiger partial charge is 0.316 e. The van der Waals surface area contributed by atoms with Gasteiger partial charge in [-0.3, -0.25) is 4.79 Å². The Morgan fingerprint density at radius 3 is 2.33 bits per heavy atom. The van der Waals surface area contributed by atoms with Gasteiger partial charge < -0.3 is 14.2 Å². The Morgan fingerprint density at radius 2 is 1.87 bits per heavy atom. The number of carbonyl (C=O) groups is 1. The first-order valence-electron chi connectivity index (χ1n) is 4.72. The molecule has 0 saturated carbocycles. The Morgan fingerprint density at radius 1 is 1.33 bits per heavy atom. The molecule has 1 aromatic carbocycles. The third-order valence-corrected chi connectivity index (χ3v) is 2.32. The van der Waals surface area contributed by atoms with Crippen LogP contribution in [-0.2, 0) is 9.53 Å². The molecule has 2 rings (SSSR count). The highest BCUT2D eigenvalue weighted by Crippen LogP contribution is 2.36. The van der Waals surface area contributed by atoms with Gasteiger partial charge in [0.05, 0.1) is 7.11 Å². The van der Waals surface area contributed by atoms with Gasteiger partial charge in [0, 0.05) is 0 Å². The van der Waals surface area contributed by atoms with Gasteiger partial charge in [-0.15, -0.1) is 0 Å². The minimum absolute atomic E-state index is 0.340. The van der Waals surface area contributed by atoms with Crippen molar-refractivity contribution < 1.29 is 19.0 Å². The molecule has 0 spiro atoms. The molecule has 1 heterocycles. The summed E-state index contributed by atoms with van der Waals surface area (Å²) in [6, 6.07) is 7.32. The lowest BCUT2D eigenvalue weighted by Crippen LogP contribution is -2.33. The quantitative estimate of drug-likeness (QED) is 0.692. The molecule has 1 atom stereocenters. The Hall–Kier alpha value is -1.71. The van der Waals surface area contributed by atoms with Gasteiger partial charge in [-0.05, 0) is 19.1 Å². The number of carbonyl (C=O) groups excluding carboxylic acids is 1. The van der Waals surface area contributed by atoms with E-state index in [2.05, 4.69) is 4.74 Å². The van der Waals surface area contributed by atoms with Crippen LogP contribution in [0.15, 0.2) is 24.3 Å². The highest BCUT2D eigenvalue weighted by molar-refractivity contribution is 5.72. The van der Waals surface area contributed by atoms with E-state index in [4.69, 9.17) is 9.47 Å². The molecule has 0 aromatic heterocycles. The Balaban J connectivity index is 2.10. The SMILES string of the molecule is COC(=O)C(C)C1Oc2ccccc2O1. The van der Waals surface area contributed by atoms with Crippen LogP contribution in [0.3, 0.4) is 0 Å². The standard InChI is InChI=1S/C11H12O4/c1-7(10(12)13-2)11-14-8-5-3-4-6-9(8)15-11/h3-7,11H,1-2H3. The van der Waals surface area contributed by atoms with Gasteiger partial charge in [0.2, 0.25) is 0 Å². The fourth-order valence-corrected chi connectivity index (χ4v) is 1.42. The molecule has 15 heavy (non-hydrogen) atoms. The summed E-state index contributed by atoms with van der Waals surface area (Å²) < 4.78 is 15.6. The van der Waals surface area contributed by atoms with E-state index in [1.807, 2.05) is 12.1 Å². The molecule has 1 aliphatic rings. The predicted molar refractivity (Wildman–Crippen MR) is 52.7 cm³/mol. The number of fused-ring (bicyclic) bond motifs is 1. The van der Waals surface area contributed by atoms with Gasteiger partial charge >= 0.3 is 5.97 Å². The summed E-state index contributed by atoms with van der Waals surface area (Å²) >= 11 is 0. The molecule has 0 fully saturated rings. The van der Waals surface area contributed by atoms with Gasteiger partial charge in [-0.1, -0.05) is 12.1 Å². The summed E-state index contributed by atoms with van der Waals surface area (Å²) in [4.78, 5) is 11.3. The van der Waals surface area contributed by atoms with Crippen molar-refractivity contribution in [2.75, 3.05) is 7.11 Å². The maximum absolute atomic E-state index is 11.3. The summed E-state index contributed by atoms with van der Waals surface area (Å²) in [5, 5.41) is 0. The molecule has 0 aliphatic carbocycles. The van der Waals surface area contributed by atoms with Crippen LogP contribution in [0.5, 0.6) is 11.5 Å². The van der Waals surface area contributed by atoms with Crippen molar-refractivity contribution in [2.45, 2.75) is 13.2 Å². The zero-order valence-corrected chi connectivity index (χ0v) is 8.60. The zero-order chi connectivity index (χ0) is 10.8. The molecule has 0 amide bonds. The van der Waals surface area contributed by atoms with Gasteiger partial charge in [-0.25, -0.2) is 0 Å². The molecule has 1 unspecified atom stereocenters. The number of rotatable bonds is 2. The average molecular weight is 208 g/mol. The van der Waals surface area contributed by atoms with Gasteiger partial charge in [0.1, 0.15) is 5.92 Å². The number of ether oxygens (including phenoxy) is 3. The Bertz CT molecular complexity index is 350. The second kappa shape index (κ2) is 3.81. The van der Waals surface area contributed by atoms with Crippen LogP contribution in [0.1, 0.15) is 6.92 Å². The van der Waals surface area contributed by atoms with Crippen LogP contribution in [-0.4, -0.2) is 19.4 Å². The van der Waals surface area contributed by atoms with Crippen LogP contribution < -0.4 is 9.47 Å². The second-order valence-electron chi connectivity index (χ2n) is 3.36. The normalized spacial score (nSPS) is 16.1. The van der Waals surface area contributed by atoms with Crippen molar-refractivity contribution >= 4 is 5.97 Å². The lowest BCUT2D eigenvalue weighted by atomic mass is 10.2. The average Bonchev–Trinajstić information content (AvgIpc) is 2.70. The number of para-hydroxylation sites is 2. The van der Waals surface area contributed by atoms with Crippen molar-refractivity contribution in [1.29, 1.82) is 0 Å². The first-order chi connectivity index (χ1) is 7.22. The monoisotopic (exact) mass is 208 g/mol. The number of benzene rings is 1. The molecule has 0 N–H and O–H groups in total. The molecule has 1 aromatic rings. The first kappa shape index (κ1) is 9.83. The fraction of sp³-hybridized carbons (Fsp3) is 0.364. The highest BCUT2D eigenvalue weighted by atomic mass is 16.7. The van der Waals surface area contributed by atoms with Crippen molar-refractivity contribution in [2.24, 2.45) is 5.92 Å². The first-order valence-corrected chi connectivity index (χ1v) is 4.72. The van der Waals surface area contributed by atoms with Gasteiger partial charge in [-0.2, -0.15) is 0 Å². The lowest BCUT2D eigenvalue weighted by Gasteiger charge is -2.15. The van der Waals surface area contributed by atoms with Crippen molar-refractivity contribution in [3.8, 4) is 11.5 Å². The zero-order valence-electron chi connectivity index (χ0n) is 8.60. The summed E-state index contributed by atoms with van der Waals surface area (Å²) in [6.07, 6.45) is -0.588. The largest absolute Gasteiger partial charge is 0.469 e. The van der Waals surface area contributed by atoms with Crippen LogP contribution in [0.25, 0.3) is 0 Å². The molecule has 0 bridgehead atoms. The van der Waals surface area contributed by atoms with E-state index in [-0.39, 0.29) is 5.97 Å². The van der Waals surface area contributed by atoms with Crippen molar-refractivity contribution in [3.05, 3.63) is 24.3 Å². The topological polar surface area (TPSA) is 44.8 Å². The van der Waals surface area contributed by atoms with Crippen LogP contribution in [0.2, 0.25) is 0 Å². The van der Waals surface area contributed by atoms with E-state index >= 15 is 0 Å². The number of hydrogen-bond acceptors (Lipinski definition) is 4. The summed E-state index contributed by atoms with van der Waals surface area (Å²) in [6.45, 7) is 1.71. The van der Waals surface area contributed by atoms with Gasteiger partial charge in [0.15, 0.2) is 11.5 Å². The molecule has 4 heteroatoms. The van der Waals surface area contributed by atoms with Crippen LogP contribution >= 0.6 is 0 Å². The van der Waals surface area contributed by atoms with Crippen molar-refractivity contribution in [3.63, 3.8) is 0 Å².